The van der Waals surface area contributed by atoms with E-state index in [2.05, 4.69) is 67.7 Å². The maximum atomic E-state index is 13.0. The molecule has 1 unspecified atom stereocenters. The fraction of sp³-hybridized carbons (Fsp3) is 0.385. The second kappa shape index (κ2) is 12.9. The highest BCUT2D eigenvalue weighted by Gasteiger charge is 2.29. The number of anilines is 2. The Bertz CT molecular complexity index is 1930. The van der Waals surface area contributed by atoms with E-state index in [0.29, 0.717) is 17.0 Å². The Labute approximate surface area is 277 Å². The van der Waals surface area contributed by atoms with Crippen molar-refractivity contribution in [1.82, 2.24) is 19.4 Å². The fourth-order valence-corrected chi connectivity index (χ4v) is 7.20. The summed E-state index contributed by atoms with van der Waals surface area (Å²) in [5.74, 6) is 1.66. The first-order valence-electron chi connectivity index (χ1n) is 17.0. The first kappa shape index (κ1) is 31.1. The molecule has 7 rings (SSSR count). The molecule has 8 nitrogen and oxygen atoms in total. The molecule has 0 spiro atoms. The zero-order chi connectivity index (χ0) is 32.7. The molecular formula is C39H44N6O2. The summed E-state index contributed by atoms with van der Waals surface area (Å²) < 4.78 is 2.24. The molecule has 0 bridgehead atoms. The van der Waals surface area contributed by atoms with Gasteiger partial charge in [0, 0.05) is 109 Å². The van der Waals surface area contributed by atoms with Crippen LogP contribution in [-0.2, 0) is 7.05 Å². The van der Waals surface area contributed by atoms with E-state index in [4.69, 9.17) is 4.98 Å². The number of ketones is 2. The Kier molecular flexibility index (Phi) is 8.53. The molecule has 242 valence electrons. The molecule has 2 aliphatic rings. The van der Waals surface area contributed by atoms with Crippen molar-refractivity contribution in [3.05, 3.63) is 84.3 Å². The summed E-state index contributed by atoms with van der Waals surface area (Å²) in [6.07, 6.45) is 7.76. The number of hydrogen-bond donors (Lipinski definition) is 0. The number of hydrogen-bond acceptors (Lipinski definition) is 7. The standard InChI is InChI=1S/C39H44N6O2/c1-5-26(2)39(47)34-21-31(8-10-32(34)27(3)46)44-18-16-43(17-19-44)15-13-28-24-45(25-28)38-11-7-30(22-41-38)29-6-9-33-35-23-40-14-12-36(35)42(4)37(33)20-29/h6-12,14,20-23,26,28H,5,13,15-19,24-25H2,1-4H3. The van der Waals surface area contributed by atoms with Crippen LogP contribution < -0.4 is 9.80 Å². The molecular weight excluding hydrogens is 584 g/mol. The molecule has 2 aliphatic heterocycles. The fourth-order valence-electron chi connectivity index (χ4n) is 7.20. The summed E-state index contributed by atoms with van der Waals surface area (Å²) >= 11 is 0. The number of fused-ring (bicyclic) bond motifs is 3. The van der Waals surface area contributed by atoms with Crippen molar-refractivity contribution in [3.63, 3.8) is 0 Å². The Morgan fingerprint density at radius 3 is 2.36 bits per heavy atom. The lowest BCUT2D eigenvalue weighted by Crippen LogP contribution is -2.50. The molecule has 8 heteroatoms. The van der Waals surface area contributed by atoms with E-state index in [1.165, 1.54) is 33.8 Å². The second-order valence-corrected chi connectivity index (χ2v) is 13.4. The van der Waals surface area contributed by atoms with Crippen LogP contribution in [0.4, 0.5) is 11.5 Å². The van der Waals surface area contributed by atoms with E-state index < -0.39 is 0 Å². The van der Waals surface area contributed by atoms with Crippen LogP contribution in [0.2, 0.25) is 0 Å². The summed E-state index contributed by atoms with van der Waals surface area (Å²) in [7, 11) is 2.11. The Morgan fingerprint density at radius 2 is 1.64 bits per heavy atom. The van der Waals surface area contributed by atoms with E-state index in [1.807, 2.05) is 50.6 Å². The number of rotatable bonds is 10. The van der Waals surface area contributed by atoms with E-state index in [0.717, 1.165) is 69.3 Å². The normalized spacial score (nSPS) is 16.5. The lowest BCUT2D eigenvalue weighted by Gasteiger charge is -2.42. The second-order valence-electron chi connectivity index (χ2n) is 13.4. The van der Waals surface area contributed by atoms with Crippen LogP contribution in [0.15, 0.2) is 73.2 Å². The predicted molar refractivity (Wildman–Crippen MR) is 191 cm³/mol. The van der Waals surface area contributed by atoms with Gasteiger partial charge in [-0.2, -0.15) is 0 Å². The largest absolute Gasteiger partial charge is 0.369 e. The number of carbonyl (C=O) groups excluding carboxylic acids is 2. The molecule has 5 heterocycles. The van der Waals surface area contributed by atoms with E-state index in [9.17, 15) is 9.59 Å². The van der Waals surface area contributed by atoms with Gasteiger partial charge in [-0.25, -0.2) is 4.98 Å². The summed E-state index contributed by atoms with van der Waals surface area (Å²) in [6, 6.07) is 18.8. The monoisotopic (exact) mass is 628 g/mol. The number of Topliss-reactive ketones (excluding diaryl/α,β-unsaturated/α-hetero) is 2. The highest BCUT2D eigenvalue weighted by Crippen LogP contribution is 2.33. The van der Waals surface area contributed by atoms with Gasteiger partial charge in [0.2, 0.25) is 0 Å². The predicted octanol–water partition coefficient (Wildman–Crippen LogP) is 6.87. The Morgan fingerprint density at radius 1 is 0.851 bits per heavy atom. The van der Waals surface area contributed by atoms with Crippen molar-refractivity contribution in [2.24, 2.45) is 18.9 Å². The van der Waals surface area contributed by atoms with Gasteiger partial charge in [-0.1, -0.05) is 26.0 Å². The first-order valence-corrected chi connectivity index (χ1v) is 17.0. The van der Waals surface area contributed by atoms with Crippen molar-refractivity contribution in [1.29, 1.82) is 0 Å². The van der Waals surface area contributed by atoms with Gasteiger partial charge >= 0.3 is 0 Å². The van der Waals surface area contributed by atoms with E-state index in [1.54, 1.807) is 6.92 Å². The highest BCUT2D eigenvalue weighted by atomic mass is 16.1. The third-order valence-electron chi connectivity index (χ3n) is 10.5. The minimum atomic E-state index is -0.0899. The van der Waals surface area contributed by atoms with Crippen LogP contribution in [0, 0.1) is 11.8 Å². The van der Waals surface area contributed by atoms with Crippen molar-refractivity contribution in [3.8, 4) is 11.1 Å². The van der Waals surface area contributed by atoms with Crippen molar-refractivity contribution in [2.75, 3.05) is 55.6 Å². The number of benzene rings is 2. The zero-order valence-electron chi connectivity index (χ0n) is 27.9. The van der Waals surface area contributed by atoms with Crippen LogP contribution in [0.1, 0.15) is 54.3 Å². The van der Waals surface area contributed by atoms with E-state index in [-0.39, 0.29) is 17.5 Å². The molecule has 5 aromatic rings. The van der Waals surface area contributed by atoms with Crippen molar-refractivity contribution >= 4 is 44.9 Å². The summed E-state index contributed by atoms with van der Waals surface area (Å²) in [5.41, 5.74) is 6.85. The molecule has 0 aliphatic carbocycles. The Hall–Kier alpha value is -4.56. The van der Waals surface area contributed by atoms with Gasteiger partial charge in [0.05, 0.1) is 5.52 Å². The lowest BCUT2D eigenvalue weighted by molar-refractivity contribution is 0.0916. The summed E-state index contributed by atoms with van der Waals surface area (Å²) in [5, 5.41) is 2.41. The first-order chi connectivity index (χ1) is 22.8. The van der Waals surface area contributed by atoms with Crippen LogP contribution in [0.3, 0.4) is 0 Å². The van der Waals surface area contributed by atoms with Gasteiger partial charge in [-0.15, -0.1) is 0 Å². The Balaban J connectivity index is 0.900. The van der Waals surface area contributed by atoms with Gasteiger partial charge in [0.25, 0.3) is 0 Å². The maximum Gasteiger partial charge on any atom is 0.166 e. The van der Waals surface area contributed by atoms with E-state index >= 15 is 0 Å². The number of piperazine rings is 1. The van der Waals surface area contributed by atoms with Gasteiger partial charge in [-0.05, 0) is 80.3 Å². The highest BCUT2D eigenvalue weighted by molar-refractivity contribution is 6.10. The van der Waals surface area contributed by atoms with Crippen LogP contribution in [-0.4, -0.2) is 76.8 Å². The molecule has 2 aromatic carbocycles. The van der Waals surface area contributed by atoms with Gasteiger partial charge in [0.15, 0.2) is 11.6 Å². The molecule has 2 saturated heterocycles. The number of pyridine rings is 2. The number of aryl methyl sites for hydroxylation is 1. The molecule has 47 heavy (non-hydrogen) atoms. The number of carbonyl (C=O) groups is 2. The molecule has 1 atom stereocenters. The topological polar surface area (TPSA) is 74.6 Å². The zero-order valence-corrected chi connectivity index (χ0v) is 27.9. The minimum absolute atomic E-state index is 0.0523. The third kappa shape index (κ3) is 6.02. The quantitative estimate of drug-likeness (QED) is 0.156. The molecule has 0 radical (unpaired) electrons. The van der Waals surface area contributed by atoms with Crippen molar-refractivity contribution in [2.45, 2.75) is 33.6 Å². The minimum Gasteiger partial charge on any atom is -0.369 e. The van der Waals surface area contributed by atoms with Gasteiger partial charge in [-0.3, -0.25) is 19.5 Å². The molecule has 2 fully saturated rings. The molecule has 0 saturated carbocycles. The molecule has 0 amide bonds. The number of nitrogens with zero attached hydrogens (tertiary/aromatic N) is 6. The average Bonchev–Trinajstić information content (AvgIpc) is 3.38. The van der Waals surface area contributed by atoms with Crippen LogP contribution >= 0.6 is 0 Å². The van der Waals surface area contributed by atoms with Crippen LogP contribution in [0.25, 0.3) is 32.9 Å². The summed E-state index contributed by atoms with van der Waals surface area (Å²) in [4.78, 5) is 41.7. The average molecular weight is 629 g/mol. The SMILES string of the molecule is CCC(C)C(=O)c1cc(N2CCN(CCC3CN(c4ccc(-c5ccc6c7cnccc7n(C)c6c5)cn4)C3)CC2)ccc1C(C)=O. The number of aromatic nitrogens is 3. The van der Waals surface area contributed by atoms with Crippen LogP contribution in [0.5, 0.6) is 0 Å². The molecule has 0 N–H and O–H groups in total. The van der Waals surface area contributed by atoms with Crippen molar-refractivity contribution < 1.29 is 9.59 Å². The third-order valence-corrected chi connectivity index (χ3v) is 10.5. The molecule has 3 aromatic heterocycles. The summed E-state index contributed by atoms with van der Waals surface area (Å²) in [6.45, 7) is 12.6. The van der Waals surface area contributed by atoms with Gasteiger partial charge in [0.1, 0.15) is 5.82 Å². The lowest BCUT2D eigenvalue weighted by atomic mass is 9.91. The van der Waals surface area contributed by atoms with Gasteiger partial charge < -0.3 is 14.4 Å². The smallest absolute Gasteiger partial charge is 0.166 e. The maximum absolute atomic E-state index is 13.0.